The van der Waals surface area contributed by atoms with Gasteiger partial charge in [0, 0.05) is 22.0 Å². The van der Waals surface area contributed by atoms with E-state index in [9.17, 15) is 4.79 Å². The monoisotopic (exact) mass is 455 g/mol. The van der Waals surface area contributed by atoms with Crippen LogP contribution in [0.1, 0.15) is 50.7 Å². The molecule has 0 radical (unpaired) electrons. The minimum Gasteiger partial charge on any atom is -0.325 e. The summed E-state index contributed by atoms with van der Waals surface area (Å²) in [6.45, 7) is 8.61. The molecule has 1 amide bonds. The second-order valence-electron chi connectivity index (χ2n) is 8.72. The van der Waals surface area contributed by atoms with Crippen molar-refractivity contribution in [2.45, 2.75) is 44.6 Å². The van der Waals surface area contributed by atoms with Gasteiger partial charge in [-0.1, -0.05) is 112 Å². The van der Waals surface area contributed by atoms with Crippen LogP contribution in [0, 0.1) is 0 Å². The molecule has 0 bridgehead atoms. The van der Waals surface area contributed by atoms with Crippen LogP contribution in [-0.4, -0.2) is 21.9 Å². The maximum Gasteiger partial charge on any atom is 0.234 e. The third-order valence-electron chi connectivity index (χ3n) is 5.68. The third kappa shape index (κ3) is 5.09. The van der Waals surface area contributed by atoms with Crippen LogP contribution >= 0.6 is 11.8 Å². The minimum atomic E-state index is -0.0342. The Balaban J connectivity index is 1.58. The van der Waals surface area contributed by atoms with Crippen molar-refractivity contribution in [2.75, 3.05) is 11.1 Å². The summed E-state index contributed by atoms with van der Waals surface area (Å²) in [6.07, 6.45) is 0. The van der Waals surface area contributed by atoms with Crippen LogP contribution in [0.4, 0.5) is 5.69 Å². The van der Waals surface area contributed by atoms with Crippen LogP contribution in [0.5, 0.6) is 0 Å². The van der Waals surface area contributed by atoms with E-state index in [-0.39, 0.29) is 11.7 Å². The molecular formula is C28H29N3OS. The van der Waals surface area contributed by atoms with E-state index >= 15 is 0 Å². The summed E-state index contributed by atoms with van der Waals surface area (Å²) < 4.78 is 0. The molecule has 168 valence electrons. The summed E-state index contributed by atoms with van der Waals surface area (Å²) in [7, 11) is 0. The molecule has 0 aliphatic heterocycles. The van der Waals surface area contributed by atoms with Gasteiger partial charge >= 0.3 is 0 Å². The molecule has 0 unspecified atom stereocenters. The van der Waals surface area contributed by atoms with Crippen molar-refractivity contribution in [1.82, 2.24) is 10.2 Å². The lowest BCUT2D eigenvalue weighted by Gasteiger charge is -2.20. The Morgan fingerprint density at radius 1 is 0.788 bits per heavy atom. The number of amides is 1. The smallest absolute Gasteiger partial charge is 0.234 e. The van der Waals surface area contributed by atoms with Crippen LogP contribution in [0.3, 0.4) is 0 Å². The van der Waals surface area contributed by atoms with Crippen LogP contribution in [0.2, 0.25) is 0 Å². The number of nitrogens with one attached hydrogen (secondary N) is 1. The van der Waals surface area contributed by atoms with Gasteiger partial charge in [-0.25, -0.2) is 0 Å². The Labute approximate surface area is 199 Å². The minimum absolute atomic E-state index is 0.0342. The van der Waals surface area contributed by atoms with Gasteiger partial charge in [-0.15, -0.1) is 10.2 Å². The van der Waals surface area contributed by atoms with E-state index in [1.54, 1.807) is 0 Å². The second kappa shape index (κ2) is 10.2. The summed E-state index contributed by atoms with van der Waals surface area (Å²) in [5.41, 5.74) is 5.16. The number of rotatable bonds is 7. The highest BCUT2D eigenvalue weighted by atomic mass is 32.2. The first kappa shape index (κ1) is 23.0. The number of hydrogen-bond donors (Lipinski definition) is 1. The van der Waals surface area contributed by atoms with E-state index in [0.717, 1.165) is 43.9 Å². The fourth-order valence-electron chi connectivity index (χ4n) is 4.00. The highest BCUT2D eigenvalue weighted by Crippen LogP contribution is 2.34. The Morgan fingerprint density at radius 3 is 2.03 bits per heavy atom. The molecule has 33 heavy (non-hydrogen) atoms. The predicted molar refractivity (Wildman–Crippen MR) is 139 cm³/mol. The van der Waals surface area contributed by atoms with Crippen LogP contribution in [-0.2, 0) is 4.79 Å². The van der Waals surface area contributed by atoms with Crippen LogP contribution in [0.25, 0.3) is 22.0 Å². The molecule has 0 atom stereocenters. The molecule has 4 rings (SSSR count). The average molecular weight is 456 g/mol. The number of anilines is 1. The number of nitrogens with zero attached hydrogens (tertiary/aromatic N) is 2. The quantitative estimate of drug-likeness (QED) is 0.298. The molecule has 3 aromatic carbocycles. The zero-order valence-electron chi connectivity index (χ0n) is 19.5. The lowest BCUT2D eigenvalue weighted by atomic mass is 9.92. The molecule has 1 N–H and O–H groups in total. The highest BCUT2D eigenvalue weighted by Gasteiger charge is 2.17. The number of carbonyl (C=O) groups excluding carboxylic acids is 1. The summed E-state index contributed by atoms with van der Waals surface area (Å²) >= 11 is 1.42. The molecule has 0 saturated heterocycles. The molecule has 1 aromatic heterocycles. The van der Waals surface area contributed by atoms with E-state index in [1.807, 2.05) is 48.5 Å². The Bertz CT molecular complexity index is 1240. The molecule has 4 nitrogen and oxygen atoms in total. The van der Waals surface area contributed by atoms with Gasteiger partial charge in [0.25, 0.3) is 0 Å². The lowest BCUT2D eigenvalue weighted by molar-refractivity contribution is -0.113. The van der Waals surface area contributed by atoms with E-state index in [0.29, 0.717) is 11.8 Å². The normalized spacial score (nSPS) is 11.3. The number of hydrogen-bond acceptors (Lipinski definition) is 4. The first-order chi connectivity index (χ1) is 16.0. The van der Waals surface area contributed by atoms with Gasteiger partial charge in [0.15, 0.2) is 0 Å². The molecular weight excluding hydrogens is 426 g/mol. The maximum absolute atomic E-state index is 13.0. The highest BCUT2D eigenvalue weighted by molar-refractivity contribution is 8.00. The van der Waals surface area contributed by atoms with E-state index in [1.165, 1.54) is 11.8 Å². The van der Waals surface area contributed by atoms with Crippen molar-refractivity contribution in [3.05, 3.63) is 83.9 Å². The summed E-state index contributed by atoms with van der Waals surface area (Å²) in [4.78, 5) is 13.0. The third-order valence-corrected chi connectivity index (χ3v) is 6.66. The zero-order valence-corrected chi connectivity index (χ0v) is 20.3. The molecule has 0 saturated carbocycles. The number of benzene rings is 3. The SMILES string of the molecule is CC(C)c1cccc(C(C)C)c1NC(=O)CSc1nnc(-c2ccccc2)c2ccccc12. The number of aromatic nitrogens is 2. The molecule has 1 heterocycles. The van der Waals surface area contributed by atoms with Gasteiger partial charge < -0.3 is 5.32 Å². The second-order valence-corrected chi connectivity index (χ2v) is 9.69. The molecule has 0 aliphatic rings. The number of para-hydroxylation sites is 1. The zero-order chi connectivity index (χ0) is 23.4. The summed E-state index contributed by atoms with van der Waals surface area (Å²) in [5, 5.41) is 15.0. The molecule has 0 fully saturated rings. The molecule has 0 spiro atoms. The van der Waals surface area contributed by atoms with Crippen molar-refractivity contribution < 1.29 is 4.79 Å². The largest absolute Gasteiger partial charge is 0.325 e. The fraction of sp³-hybridized carbons (Fsp3) is 0.250. The van der Waals surface area contributed by atoms with Gasteiger partial charge in [-0.3, -0.25) is 4.79 Å². The van der Waals surface area contributed by atoms with Crippen molar-refractivity contribution in [2.24, 2.45) is 0 Å². The standard InChI is InChI=1S/C28H29N3OS/c1-18(2)21-15-10-16-22(19(3)4)27(21)29-25(32)17-33-28-24-14-9-8-13-23(24)26(30-31-28)20-11-6-5-7-12-20/h5-16,18-19H,17H2,1-4H3,(H,29,32). The Kier molecular flexibility index (Phi) is 7.09. The van der Waals surface area contributed by atoms with Crippen molar-refractivity contribution in [3.63, 3.8) is 0 Å². The topological polar surface area (TPSA) is 54.9 Å². The Hall–Kier alpha value is -3.18. The summed E-state index contributed by atoms with van der Waals surface area (Å²) in [5.74, 6) is 0.889. The van der Waals surface area contributed by atoms with Gasteiger partial charge in [-0.05, 0) is 23.0 Å². The Morgan fingerprint density at radius 2 is 1.39 bits per heavy atom. The first-order valence-electron chi connectivity index (χ1n) is 11.3. The van der Waals surface area contributed by atoms with Crippen LogP contribution < -0.4 is 5.32 Å². The fourth-order valence-corrected chi connectivity index (χ4v) is 4.77. The lowest BCUT2D eigenvalue weighted by Crippen LogP contribution is -2.17. The van der Waals surface area contributed by atoms with Crippen molar-refractivity contribution in [1.29, 1.82) is 0 Å². The number of carbonyl (C=O) groups is 1. The van der Waals surface area contributed by atoms with E-state index in [4.69, 9.17) is 0 Å². The summed E-state index contributed by atoms with van der Waals surface area (Å²) in [6, 6.07) is 24.4. The molecule has 5 heteroatoms. The van der Waals surface area contributed by atoms with Crippen molar-refractivity contribution >= 4 is 34.1 Å². The van der Waals surface area contributed by atoms with Gasteiger partial charge in [0.1, 0.15) is 10.7 Å². The number of thioether (sulfide) groups is 1. The molecule has 4 aromatic rings. The van der Waals surface area contributed by atoms with E-state index < -0.39 is 0 Å². The van der Waals surface area contributed by atoms with Gasteiger partial charge in [-0.2, -0.15) is 0 Å². The maximum atomic E-state index is 13.0. The van der Waals surface area contributed by atoms with Gasteiger partial charge in [0.2, 0.25) is 5.91 Å². The number of fused-ring (bicyclic) bond motifs is 1. The van der Waals surface area contributed by atoms with E-state index in [2.05, 4.69) is 67.5 Å². The van der Waals surface area contributed by atoms with Crippen molar-refractivity contribution in [3.8, 4) is 11.3 Å². The first-order valence-corrected chi connectivity index (χ1v) is 12.3. The average Bonchev–Trinajstić information content (AvgIpc) is 2.82. The van der Waals surface area contributed by atoms with Gasteiger partial charge in [0.05, 0.1) is 5.75 Å². The van der Waals surface area contributed by atoms with Crippen LogP contribution in [0.15, 0.2) is 77.8 Å². The molecule has 0 aliphatic carbocycles. The predicted octanol–water partition coefficient (Wildman–Crippen LogP) is 7.27.